The normalized spacial score (nSPS) is 11.0. The molecule has 0 aliphatic carbocycles. The number of nitrogens with zero attached hydrogens (tertiary/aromatic N) is 3. The maximum absolute atomic E-state index is 6.24. The van der Waals surface area contributed by atoms with Gasteiger partial charge in [0.05, 0.1) is 0 Å². The number of benzene rings is 2. The average Bonchev–Trinajstić information content (AvgIpc) is 2.97. The van der Waals surface area contributed by atoms with Crippen LogP contribution in [0.25, 0.3) is 11.4 Å². The molecule has 0 amide bonds. The highest BCUT2D eigenvalue weighted by atomic mass is 35.5. The van der Waals surface area contributed by atoms with Crippen LogP contribution in [-0.4, -0.2) is 14.8 Å². The molecule has 0 unspecified atom stereocenters. The van der Waals surface area contributed by atoms with Gasteiger partial charge in [-0.2, -0.15) is 0 Å². The van der Waals surface area contributed by atoms with Gasteiger partial charge in [0.2, 0.25) is 0 Å². The first-order chi connectivity index (χ1) is 11.6. The minimum absolute atomic E-state index is 0.645. The molecular formula is C18H17Cl2N3S. The summed E-state index contributed by atoms with van der Waals surface area (Å²) in [6.45, 7) is 4.98. The van der Waals surface area contributed by atoms with Crippen LogP contribution in [0, 0.1) is 6.92 Å². The lowest BCUT2D eigenvalue weighted by Crippen LogP contribution is -2.00. The van der Waals surface area contributed by atoms with Crippen LogP contribution >= 0.6 is 35.0 Å². The fourth-order valence-electron chi connectivity index (χ4n) is 2.38. The summed E-state index contributed by atoms with van der Waals surface area (Å²) in [6, 6.07) is 13.9. The van der Waals surface area contributed by atoms with Crippen LogP contribution in [0.15, 0.2) is 47.6 Å². The van der Waals surface area contributed by atoms with E-state index in [2.05, 4.69) is 52.9 Å². The molecule has 0 N–H and O–H groups in total. The highest BCUT2D eigenvalue weighted by molar-refractivity contribution is 7.98. The van der Waals surface area contributed by atoms with Gasteiger partial charge in [-0.3, -0.25) is 0 Å². The second kappa shape index (κ2) is 7.60. The van der Waals surface area contributed by atoms with E-state index in [0.717, 1.165) is 34.4 Å². The number of thioether (sulfide) groups is 1. The molecule has 0 fully saturated rings. The zero-order valence-corrected chi connectivity index (χ0v) is 15.8. The summed E-state index contributed by atoms with van der Waals surface area (Å²) in [4.78, 5) is 0. The second-order valence-corrected chi connectivity index (χ2v) is 7.23. The summed E-state index contributed by atoms with van der Waals surface area (Å²) in [5.41, 5.74) is 3.34. The molecule has 0 bridgehead atoms. The summed E-state index contributed by atoms with van der Waals surface area (Å²) >= 11 is 13.8. The van der Waals surface area contributed by atoms with E-state index in [4.69, 9.17) is 23.2 Å². The molecule has 24 heavy (non-hydrogen) atoms. The summed E-state index contributed by atoms with van der Waals surface area (Å²) < 4.78 is 2.12. The van der Waals surface area contributed by atoms with Crippen molar-refractivity contribution >= 4 is 35.0 Å². The molecule has 2 aromatic carbocycles. The van der Waals surface area contributed by atoms with Gasteiger partial charge in [-0.25, -0.2) is 0 Å². The number of aryl methyl sites for hydroxylation is 1. The van der Waals surface area contributed by atoms with Crippen LogP contribution in [-0.2, 0) is 12.3 Å². The van der Waals surface area contributed by atoms with Crippen molar-refractivity contribution < 1.29 is 0 Å². The SMILES string of the molecule is CCn1c(SCc2ccc(Cl)cc2Cl)nnc1-c1ccc(C)cc1. The third-order valence-electron chi connectivity index (χ3n) is 3.71. The summed E-state index contributed by atoms with van der Waals surface area (Å²) in [6.07, 6.45) is 0. The van der Waals surface area contributed by atoms with Gasteiger partial charge in [-0.1, -0.05) is 70.9 Å². The van der Waals surface area contributed by atoms with E-state index in [9.17, 15) is 0 Å². The molecule has 3 rings (SSSR count). The van der Waals surface area contributed by atoms with Crippen LogP contribution in [0.5, 0.6) is 0 Å². The minimum atomic E-state index is 0.645. The Morgan fingerprint density at radius 2 is 1.79 bits per heavy atom. The molecule has 0 saturated carbocycles. The van der Waals surface area contributed by atoms with Crippen molar-refractivity contribution in [2.45, 2.75) is 31.3 Å². The summed E-state index contributed by atoms with van der Waals surface area (Å²) in [5, 5.41) is 10.9. The zero-order valence-electron chi connectivity index (χ0n) is 13.5. The molecule has 0 spiro atoms. The van der Waals surface area contributed by atoms with Gasteiger partial charge in [0.15, 0.2) is 11.0 Å². The van der Waals surface area contributed by atoms with Crippen molar-refractivity contribution in [3.8, 4) is 11.4 Å². The minimum Gasteiger partial charge on any atom is -0.302 e. The first kappa shape index (κ1) is 17.3. The number of hydrogen-bond acceptors (Lipinski definition) is 3. The number of hydrogen-bond donors (Lipinski definition) is 0. The van der Waals surface area contributed by atoms with Crippen LogP contribution in [0.3, 0.4) is 0 Å². The van der Waals surface area contributed by atoms with Crippen molar-refractivity contribution in [2.75, 3.05) is 0 Å². The summed E-state index contributed by atoms with van der Waals surface area (Å²) in [7, 11) is 0. The lowest BCUT2D eigenvalue weighted by Gasteiger charge is -2.08. The van der Waals surface area contributed by atoms with Gasteiger partial charge in [-0.05, 0) is 31.5 Å². The van der Waals surface area contributed by atoms with Crippen molar-refractivity contribution in [1.29, 1.82) is 0 Å². The van der Waals surface area contributed by atoms with Crippen LogP contribution < -0.4 is 0 Å². The third-order valence-corrected chi connectivity index (χ3v) is 5.32. The van der Waals surface area contributed by atoms with Gasteiger partial charge >= 0.3 is 0 Å². The maximum atomic E-state index is 6.24. The van der Waals surface area contributed by atoms with E-state index in [1.165, 1.54) is 5.56 Å². The third kappa shape index (κ3) is 3.77. The van der Waals surface area contributed by atoms with Crippen LogP contribution in [0.1, 0.15) is 18.1 Å². The van der Waals surface area contributed by atoms with Crippen LogP contribution in [0.2, 0.25) is 10.0 Å². The smallest absolute Gasteiger partial charge is 0.191 e. The van der Waals surface area contributed by atoms with Crippen molar-refractivity contribution in [3.63, 3.8) is 0 Å². The molecule has 6 heteroatoms. The van der Waals surface area contributed by atoms with Gasteiger partial charge in [0.1, 0.15) is 0 Å². The fraction of sp³-hybridized carbons (Fsp3) is 0.222. The van der Waals surface area contributed by atoms with Crippen molar-refractivity contribution in [1.82, 2.24) is 14.8 Å². The molecule has 0 atom stereocenters. The molecule has 0 radical (unpaired) electrons. The topological polar surface area (TPSA) is 30.7 Å². The number of aromatic nitrogens is 3. The Kier molecular flexibility index (Phi) is 5.49. The average molecular weight is 378 g/mol. The number of rotatable bonds is 5. The molecule has 3 aromatic rings. The lowest BCUT2D eigenvalue weighted by molar-refractivity contribution is 0.687. The van der Waals surface area contributed by atoms with E-state index >= 15 is 0 Å². The Hall–Kier alpha value is -1.49. The van der Waals surface area contributed by atoms with E-state index < -0.39 is 0 Å². The maximum Gasteiger partial charge on any atom is 0.191 e. The monoisotopic (exact) mass is 377 g/mol. The Labute approximate surface area is 156 Å². The first-order valence-corrected chi connectivity index (χ1v) is 9.39. The standard InChI is InChI=1S/C18H17Cl2N3S/c1-3-23-17(13-6-4-12(2)5-7-13)21-22-18(23)24-11-14-8-9-15(19)10-16(14)20/h4-10H,3,11H2,1-2H3. The Balaban J connectivity index is 1.83. The van der Waals surface area contributed by atoms with Gasteiger partial charge in [-0.15, -0.1) is 10.2 Å². The first-order valence-electron chi connectivity index (χ1n) is 7.65. The Morgan fingerprint density at radius 3 is 2.46 bits per heavy atom. The predicted octanol–water partition coefficient (Wildman–Crippen LogP) is 5.87. The fourth-order valence-corrected chi connectivity index (χ4v) is 3.94. The molecule has 1 heterocycles. The molecular weight excluding hydrogens is 361 g/mol. The molecule has 1 aromatic heterocycles. The molecule has 0 aliphatic heterocycles. The van der Waals surface area contributed by atoms with Crippen molar-refractivity contribution in [3.05, 3.63) is 63.6 Å². The predicted molar refractivity (Wildman–Crippen MR) is 102 cm³/mol. The van der Waals surface area contributed by atoms with E-state index in [1.807, 2.05) is 12.1 Å². The van der Waals surface area contributed by atoms with Gasteiger partial charge in [0.25, 0.3) is 0 Å². The largest absolute Gasteiger partial charge is 0.302 e. The quantitative estimate of drug-likeness (QED) is 0.520. The van der Waals surface area contributed by atoms with E-state index in [-0.39, 0.29) is 0 Å². The second-order valence-electron chi connectivity index (χ2n) is 5.44. The van der Waals surface area contributed by atoms with Gasteiger partial charge in [0, 0.05) is 27.9 Å². The Morgan fingerprint density at radius 1 is 1.04 bits per heavy atom. The number of halogens is 2. The Bertz CT molecular complexity index is 844. The zero-order chi connectivity index (χ0) is 17.1. The van der Waals surface area contributed by atoms with Crippen molar-refractivity contribution in [2.24, 2.45) is 0 Å². The van der Waals surface area contributed by atoms with Crippen LogP contribution in [0.4, 0.5) is 0 Å². The van der Waals surface area contributed by atoms with Gasteiger partial charge < -0.3 is 4.57 Å². The molecule has 0 saturated heterocycles. The van der Waals surface area contributed by atoms with E-state index in [0.29, 0.717) is 10.0 Å². The van der Waals surface area contributed by atoms with E-state index in [1.54, 1.807) is 17.8 Å². The molecule has 0 aliphatic rings. The highest BCUT2D eigenvalue weighted by Crippen LogP contribution is 2.30. The highest BCUT2D eigenvalue weighted by Gasteiger charge is 2.13. The lowest BCUT2D eigenvalue weighted by atomic mass is 10.1. The molecule has 3 nitrogen and oxygen atoms in total. The molecule has 124 valence electrons. The summed E-state index contributed by atoms with van der Waals surface area (Å²) in [5.74, 6) is 1.62.